The number of nitrogens with zero attached hydrogens (tertiary/aromatic N) is 1. The largest absolute Gasteiger partial charge is 0.419 e. The maximum absolute atomic E-state index is 11.7. The number of methoxy groups -OCH3 is 1. The molecule has 0 radical (unpaired) electrons. The maximum Gasteiger partial charge on any atom is 0.419 e. The fraction of sp³-hybridized carbons (Fsp3) is 0.462. The summed E-state index contributed by atoms with van der Waals surface area (Å²) in [6.45, 7) is 3.05. The predicted molar refractivity (Wildman–Crippen MR) is 69.8 cm³/mol. The topological polar surface area (TPSA) is 56.4 Å². The summed E-state index contributed by atoms with van der Waals surface area (Å²) >= 11 is 0. The first-order chi connectivity index (χ1) is 8.83. The van der Waals surface area contributed by atoms with Crippen molar-refractivity contribution < 1.29 is 9.15 Å². The highest BCUT2D eigenvalue weighted by atomic mass is 16.5. The van der Waals surface area contributed by atoms with Crippen molar-refractivity contribution in [1.29, 1.82) is 0 Å². The Hall–Kier alpha value is -1.59. The van der Waals surface area contributed by atoms with Crippen LogP contribution in [0.2, 0.25) is 0 Å². The summed E-state index contributed by atoms with van der Waals surface area (Å²) in [4.78, 5) is 11.7. The SMILES string of the molecule is COCCNCCCn1c(=O)oc2ccccc21. The van der Waals surface area contributed by atoms with Gasteiger partial charge in [-0.25, -0.2) is 4.79 Å². The van der Waals surface area contributed by atoms with E-state index in [4.69, 9.17) is 9.15 Å². The number of hydrogen-bond acceptors (Lipinski definition) is 4. The van der Waals surface area contributed by atoms with Crippen molar-refractivity contribution in [3.63, 3.8) is 0 Å². The van der Waals surface area contributed by atoms with Crippen LogP contribution in [-0.4, -0.2) is 31.4 Å². The molecule has 0 amide bonds. The molecule has 0 aliphatic rings. The summed E-state index contributed by atoms with van der Waals surface area (Å²) in [6, 6.07) is 7.48. The predicted octanol–water partition coefficient (Wildman–Crippen LogP) is 1.22. The van der Waals surface area contributed by atoms with Gasteiger partial charge in [0.2, 0.25) is 0 Å². The maximum atomic E-state index is 11.7. The van der Waals surface area contributed by atoms with Crippen LogP contribution in [0.15, 0.2) is 33.5 Å². The number of nitrogens with one attached hydrogen (secondary N) is 1. The van der Waals surface area contributed by atoms with Crippen molar-refractivity contribution in [2.45, 2.75) is 13.0 Å². The molecular weight excluding hydrogens is 232 g/mol. The zero-order valence-corrected chi connectivity index (χ0v) is 10.5. The second-order valence-corrected chi connectivity index (χ2v) is 4.08. The monoisotopic (exact) mass is 250 g/mol. The molecule has 0 saturated carbocycles. The van der Waals surface area contributed by atoms with E-state index in [9.17, 15) is 4.79 Å². The highest BCUT2D eigenvalue weighted by Crippen LogP contribution is 2.11. The van der Waals surface area contributed by atoms with E-state index >= 15 is 0 Å². The van der Waals surface area contributed by atoms with Crippen molar-refractivity contribution in [3.8, 4) is 0 Å². The lowest BCUT2D eigenvalue weighted by Gasteiger charge is -2.04. The molecule has 98 valence electrons. The van der Waals surface area contributed by atoms with Crippen molar-refractivity contribution in [1.82, 2.24) is 9.88 Å². The smallest absolute Gasteiger partial charge is 0.408 e. The van der Waals surface area contributed by atoms with Crippen molar-refractivity contribution in [3.05, 3.63) is 34.8 Å². The lowest BCUT2D eigenvalue weighted by molar-refractivity contribution is 0.199. The summed E-state index contributed by atoms with van der Waals surface area (Å²) in [5, 5.41) is 3.25. The second kappa shape index (κ2) is 6.37. The zero-order valence-electron chi connectivity index (χ0n) is 10.5. The molecule has 2 aromatic rings. The van der Waals surface area contributed by atoms with Crippen LogP contribution in [0.4, 0.5) is 0 Å². The van der Waals surface area contributed by atoms with Gasteiger partial charge in [-0.3, -0.25) is 4.57 Å². The second-order valence-electron chi connectivity index (χ2n) is 4.08. The third-order valence-electron chi connectivity index (χ3n) is 2.79. The van der Waals surface area contributed by atoms with Crippen LogP contribution < -0.4 is 11.1 Å². The van der Waals surface area contributed by atoms with Gasteiger partial charge in [0, 0.05) is 20.2 Å². The Morgan fingerprint density at radius 2 is 2.17 bits per heavy atom. The highest BCUT2D eigenvalue weighted by molar-refractivity contribution is 5.72. The number of rotatable bonds is 7. The van der Waals surface area contributed by atoms with Gasteiger partial charge in [-0.15, -0.1) is 0 Å². The minimum Gasteiger partial charge on any atom is -0.408 e. The van der Waals surface area contributed by atoms with E-state index in [-0.39, 0.29) is 5.76 Å². The van der Waals surface area contributed by atoms with Gasteiger partial charge in [0.1, 0.15) is 0 Å². The quantitative estimate of drug-likeness (QED) is 0.751. The first kappa shape index (κ1) is 12.9. The fourth-order valence-corrected chi connectivity index (χ4v) is 1.89. The zero-order chi connectivity index (χ0) is 12.8. The van der Waals surface area contributed by atoms with Crippen molar-refractivity contribution in [2.24, 2.45) is 0 Å². The summed E-state index contributed by atoms with van der Waals surface area (Å²) in [5.74, 6) is -0.284. The lowest BCUT2D eigenvalue weighted by atomic mass is 10.3. The summed E-state index contributed by atoms with van der Waals surface area (Å²) in [5.41, 5.74) is 1.51. The number of ether oxygens (including phenoxy) is 1. The first-order valence-electron chi connectivity index (χ1n) is 6.11. The summed E-state index contributed by atoms with van der Waals surface area (Å²) in [7, 11) is 1.68. The minimum absolute atomic E-state index is 0.284. The normalized spacial score (nSPS) is 11.2. The molecule has 2 rings (SSSR count). The van der Waals surface area contributed by atoms with Gasteiger partial charge in [-0.2, -0.15) is 0 Å². The van der Waals surface area contributed by atoms with Gasteiger partial charge in [0.25, 0.3) is 0 Å². The molecule has 0 fully saturated rings. The van der Waals surface area contributed by atoms with E-state index in [2.05, 4.69) is 5.32 Å². The van der Waals surface area contributed by atoms with Gasteiger partial charge in [-0.05, 0) is 25.1 Å². The van der Waals surface area contributed by atoms with E-state index in [1.165, 1.54) is 0 Å². The molecular formula is C13H18N2O3. The number of benzene rings is 1. The fourth-order valence-electron chi connectivity index (χ4n) is 1.89. The van der Waals surface area contributed by atoms with Gasteiger partial charge < -0.3 is 14.5 Å². The molecule has 0 aliphatic carbocycles. The standard InChI is InChI=1S/C13H18N2O3/c1-17-10-8-14-7-4-9-15-11-5-2-3-6-12(11)18-13(15)16/h2-3,5-6,14H,4,7-10H2,1H3. The molecule has 1 heterocycles. The van der Waals surface area contributed by atoms with Crippen LogP contribution in [-0.2, 0) is 11.3 Å². The average Bonchev–Trinajstić information content (AvgIpc) is 2.70. The number of hydrogen-bond donors (Lipinski definition) is 1. The Balaban J connectivity index is 1.91. The molecule has 5 heteroatoms. The molecule has 0 bridgehead atoms. The molecule has 0 unspecified atom stereocenters. The summed E-state index contributed by atoms with van der Waals surface area (Å²) in [6.07, 6.45) is 0.882. The number of aromatic nitrogens is 1. The van der Waals surface area contributed by atoms with Gasteiger partial charge in [0.15, 0.2) is 5.58 Å². The van der Waals surface area contributed by atoms with Crippen molar-refractivity contribution >= 4 is 11.1 Å². The molecule has 5 nitrogen and oxygen atoms in total. The molecule has 0 spiro atoms. The summed E-state index contributed by atoms with van der Waals surface area (Å²) < 4.78 is 11.8. The molecule has 0 atom stereocenters. The average molecular weight is 250 g/mol. The van der Waals surface area contributed by atoms with Gasteiger partial charge >= 0.3 is 5.76 Å². The molecule has 0 saturated heterocycles. The van der Waals surface area contributed by atoms with Crippen LogP contribution in [0.25, 0.3) is 11.1 Å². The minimum atomic E-state index is -0.284. The van der Waals surface area contributed by atoms with E-state index in [1.54, 1.807) is 11.7 Å². The lowest BCUT2D eigenvalue weighted by Crippen LogP contribution is -2.23. The number of oxazole rings is 1. The van der Waals surface area contributed by atoms with E-state index < -0.39 is 0 Å². The number of para-hydroxylation sites is 2. The van der Waals surface area contributed by atoms with Crippen LogP contribution in [0.3, 0.4) is 0 Å². The van der Waals surface area contributed by atoms with Crippen LogP contribution in [0.5, 0.6) is 0 Å². The van der Waals surface area contributed by atoms with Gasteiger partial charge in [0.05, 0.1) is 12.1 Å². The van der Waals surface area contributed by atoms with E-state index in [0.29, 0.717) is 18.7 Å². The van der Waals surface area contributed by atoms with Crippen LogP contribution >= 0.6 is 0 Å². The third-order valence-corrected chi connectivity index (χ3v) is 2.79. The Morgan fingerprint density at radius 3 is 3.00 bits per heavy atom. The van der Waals surface area contributed by atoms with E-state index in [0.717, 1.165) is 25.0 Å². The molecule has 1 aromatic carbocycles. The van der Waals surface area contributed by atoms with E-state index in [1.807, 2.05) is 24.3 Å². The highest BCUT2D eigenvalue weighted by Gasteiger charge is 2.07. The number of fused-ring (bicyclic) bond motifs is 1. The molecule has 1 aromatic heterocycles. The van der Waals surface area contributed by atoms with Crippen LogP contribution in [0, 0.1) is 0 Å². The Bertz CT molecular complexity index is 544. The van der Waals surface area contributed by atoms with Crippen LogP contribution in [0.1, 0.15) is 6.42 Å². The van der Waals surface area contributed by atoms with Crippen molar-refractivity contribution in [2.75, 3.05) is 26.8 Å². The first-order valence-corrected chi connectivity index (χ1v) is 6.11. The Morgan fingerprint density at radius 1 is 1.33 bits per heavy atom. The Kier molecular flexibility index (Phi) is 4.55. The molecule has 1 N–H and O–H groups in total. The molecule has 18 heavy (non-hydrogen) atoms. The Labute approximate surface area is 105 Å². The molecule has 0 aliphatic heterocycles. The third kappa shape index (κ3) is 3.00. The number of aryl methyl sites for hydroxylation is 1. The van der Waals surface area contributed by atoms with Gasteiger partial charge in [-0.1, -0.05) is 12.1 Å².